The third-order valence-electron chi connectivity index (χ3n) is 2.18. The van der Waals surface area contributed by atoms with Crippen LogP contribution >= 0.6 is 15.9 Å². The third-order valence-corrected chi connectivity index (χ3v) is 2.58. The highest BCUT2D eigenvalue weighted by Crippen LogP contribution is 2.12. The lowest BCUT2D eigenvalue weighted by Crippen LogP contribution is -2.12. The van der Waals surface area contributed by atoms with Gasteiger partial charge in [0.15, 0.2) is 0 Å². The van der Waals surface area contributed by atoms with Crippen molar-refractivity contribution >= 4 is 21.7 Å². The predicted molar refractivity (Wildman–Crippen MR) is 67.6 cm³/mol. The number of anilines is 1. The lowest BCUT2D eigenvalue weighted by atomic mass is 10.4. The Labute approximate surface area is 108 Å². The van der Waals surface area contributed by atoms with Gasteiger partial charge in [-0.15, -0.1) is 5.10 Å². The molecular formula is C10H13BrN6. The molecule has 2 heterocycles. The van der Waals surface area contributed by atoms with E-state index in [9.17, 15) is 0 Å². The summed E-state index contributed by atoms with van der Waals surface area (Å²) in [6.07, 6.45) is 4.31. The van der Waals surface area contributed by atoms with Gasteiger partial charge in [0, 0.05) is 25.2 Å². The van der Waals surface area contributed by atoms with E-state index in [1.165, 1.54) is 0 Å². The van der Waals surface area contributed by atoms with Gasteiger partial charge in [-0.1, -0.05) is 12.1 Å². The Morgan fingerprint density at radius 3 is 3.00 bits per heavy atom. The summed E-state index contributed by atoms with van der Waals surface area (Å²) in [7, 11) is 0. The van der Waals surface area contributed by atoms with Gasteiger partial charge in [-0.25, -0.2) is 9.97 Å². The number of nitrogens with one attached hydrogen (secondary N) is 1. The average molecular weight is 297 g/mol. The van der Waals surface area contributed by atoms with Crippen molar-refractivity contribution in [3.63, 3.8) is 0 Å². The molecule has 0 bridgehead atoms. The molecule has 0 saturated carbocycles. The molecule has 0 aliphatic heterocycles. The fourth-order valence-electron chi connectivity index (χ4n) is 1.36. The molecule has 6 nitrogen and oxygen atoms in total. The van der Waals surface area contributed by atoms with Crippen molar-refractivity contribution in [3.8, 4) is 0 Å². The van der Waals surface area contributed by atoms with Crippen molar-refractivity contribution in [2.45, 2.75) is 19.9 Å². The highest BCUT2D eigenvalue weighted by molar-refractivity contribution is 9.10. The van der Waals surface area contributed by atoms with E-state index in [2.05, 4.69) is 41.5 Å². The van der Waals surface area contributed by atoms with E-state index in [0.717, 1.165) is 35.8 Å². The monoisotopic (exact) mass is 296 g/mol. The van der Waals surface area contributed by atoms with Crippen molar-refractivity contribution in [1.82, 2.24) is 25.0 Å². The molecule has 2 aromatic rings. The summed E-state index contributed by atoms with van der Waals surface area (Å²) in [5.41, 5.74) is 0. The van der Waals surface area contributed by atoms with Crippen molar-refractivity contribution in [3.05, 3.63) is 28.9 Å². The quantitative estimate of drug-likeness (QED) is 0.847. The second-order valence-electron chi connectivity index (χ2n) is 3.44. The van der Waals surface area contributed by atoms with Crippen LogP contribution < -0.4 is 5.32 Å². The van der Waals surface area contributed by atoms with Crippen LogP contribution in [0.2, 0.25) is 0 Å². The highest BCUT2D eigenvalue weighted by atomic mass is 79.9. The fourth-order valence-corrected chi connectivity index (χ4v) is 1.79. The molecule has 0 spiro atoms. The van der Waals surface area contributed by atoms with E-state index < -0.39 is 0 Å². The summed E-state index contributed by atoms with van der Waals surface area (Å²) in [6, 6.07) is 1.86. The van der Waals surface area contributed by atoms with Gasteiger partial charge >= 0.3 is 0 Å². The molecule has 90 valence electrons. The Kier molecular flexibility index (Phi) is 4.03. The first-order chi connectivity index (χ1) is 8.28. The normalized spacial score (nSPS) is 10.5. The van der Waals surface area contributed by atoms with E-state index in [1.54, 1.807) is 10.9 Å². The van der Waals surface area contributed by atoms with E-state index >= 15 is 0 Å². The highest BCUT2D eigenvalue weighted by Gasteiger charge is 2.01. The topological polar surface area (TPSA) is 68.5 Å². The molecule has 2 rings (SSSR count). The van der Waals surface area contributed by atoms with Gasteiger partial charge in [-0.2, -0.15) is 0 Å². The molecule has 1 N–H and O–H groups in total. The third kappa shape index (κ3) is 3.48. The summed E-state index contributed by atoms with van der Waals surface area (Å²) < 4.78 is 2.57. The number of hydrogen-bond donors (Lipinski definition) is 1. The first kappa shape index (κ1) is 12.0. The van der Waals surface area contributed by atoms with Crippen molar-refractivity contribution in [2.24, 2.45) is 0 Å². The maximum absolute atomic E-state index is 4.37. The number of aromatic nitrogens is 5. The van der Waals surface area contributed by atoms with E-state index in [-0.39, 0.29) is 0 Å². The summed E-state index contributed by atoms with van der Waals surface area (Å²) in [5, 5.41) is 10.9. The van der Waals surface area contributed by atoms with Gasteiger partial charge in [-0.3, -0.25) is 4.68 Å². The minimum atomic E-state index is 0.746. The summed E-state index contributed by atoms with van der Waals surface area (Å²) in [5.74, 6) is 1.64. The molecule has 0 aliphatic rings. The Balaban J connectivity index is 1.92. The Bertz CT molecular complexity index is 470. The standard InChI is InChI=1S/C10H13BrN6/c1-2-9-14-8(11)7-10(15-9)12-3-5-17-6-4-13-16-17/h4,6-7H,2-3,5H2,1H3,(H,12,14,15). The fraction of sp³-hybridized carbons (Fsp3) is 0.400. The molecule has 0 fully saturated rings. The SMILES string of the molecule is CCc1nc(Br)cc(NCCn2ccnn2)n1. The maximum atomic E-state index is 4.37. The van der Waals surface area contributed by atoms with Crippen molar-refractivity contribution in [1.29, 1.82) is 0 Å². The number of nitrogens with zero attached hydrogens (tertiary/aromatic N) is 5. The summed E-state index contributed by atoms with van der Waals surface area (Å²) >= 11 is 3.37. The predicted octanol–water partition coefficient (Wildman–Crippen LogP) is 1.51. The average Bonchev–Trinajstić information content (AvgIpc) is 2.81. The lowest BCUT2D eigenvalue weighted by molar-refractivity contribution is 0.608. The molecule has 7 heteroatoms. The lowest BCUT2D eigenvalue weighted by Gasteiger charge is -2.07. The van der Waals surface area contributed by atoms with Crippen LogP contribution in [-0.4, -0.2) is 31.5 Å². The van der Waals surface area contributed by atoms with Crippen LogP contribution in [0.15, 0.2) is 23.1 Å². The minimum Gasteiger partial charge on any atom is -0.368 e. The van der Waals surface area contributed by atoms with Gasteiger partial charge in [0.2, 0.25) is 0 Å². The summed E-state index contributed by atoms with van der Waals surface area (Å²) in [4.78, 5) is 8.62. The van der Waals surface area contributed by atoms with Gasteiger partial charge in [0.05, 0.1) is 12.7 Å². The van der Waals surface area contributed by atoms with Crippen LogP contribution in [0.1, 0.15) is 12.7 Å². The van der Waals surface area contributed by atoms with Crippen LogP contribution in [0, 0.1) is 0 Å². The van der Waals surface area contributed by atoms with E-state index in [0.29, 0.717) is 0 Å². The molecule has 0 saturated heterocycles. The molecule has 0 aromatic carbocycles. The zero-order valence-electron chi connectivity index (χ0n) is 9.47. The second kappa shape index (κ2) is 5.72. The molecule has 0 unspecified atom stereocenters. The van der Waals surface area contributed by atoms with Crippen molar-refractivity contribution < 1.29 is 0 Å². The zero-order chi connectivity index (χ0) is 12.1. The Hall–Kier alpha value is -1.50. The van der Waals surface area contributed by atoms with Crippen LogP contribution in [0.5, 0.6) is 0 Å². The number of rotatable bonds is 5. The van der Waals surface area contributed by atoms with Crippen LogP contribution in [0.4, 0.5) is 5.82 Å². The first-order valence-corrected chi connectivity index (χ1v) is 6.18. The van der Waals surface area contributed by atoms with Crippen LogP contribution in [0.25, 0.3) is 0 Å². The van der Waals surface area contributed by atoms with Crippen LogP contribution in [0.3, 0.4) is 0 Å². The Morgan fingerprint density at radius 1 is 1.41 bits per heavy atom. The Morgan fingerprint density at radius 2 is 2.29 bits per heavy atom. The van der Waals surface area contributed by atoms with Gasteiger partial charge in [-0.05, 0) is 15.9 Å². The molecular weight excluding hydrogens is 284 g/mol. The first-order valence-electron chi connectivity index (χ1n) is 5.39. The number of halogens is 1. The van der Waals surface area contributed by atoms with E-state index in [4.69, 9.17) is 0 Å². The summed E-state index contributed by atoms with van der Waals surface area (Å²) in [6.45, 7) is 3.53. The smallest absolute Gasteiger partial charge is 0.131 e. The molecule has 0 radical (unpaired) electrons. The molecule has 0 atom stereocenters. The largest absolute Gasteiger partial charge is 0.368 e. The van der Waals surface area contributed by atoms with Crippen LogP contribution in [-0.2, 0) is 13.0 Å². The number of aryl methyl sites for hydroxylation is 1. The zero-order valence-corrected chi connectivity index (χ0v) is 11.1. The molecule has 0 amide bonds. The molecule has 17 heavy (non-hydrogen) atoms. The van der Waals surface area contributed by atoms with Gasteiger partial charge in [0.25, 0.3) is 0 Å². The van der Waals surface area contributed by atoms with Crippen molar-refractivity contribution in [2.75, 3.05) is 11.9 Å². The van der Waals surface area contributed by atoms with Gasteiger partial charge < -0.3 is 5.32 Å². The van der Waals surface area contributed by atoms with E-state index in [1.807, 2.05) is 19.2 Å². The minimum absolute atomic E-state index is 0.746. The molecule has 2 aromatic heterocycles. The van der Waals surface area contributed by atoms with Gasteiger partial charge in [0.1, 0.15) is 16.2 Å². The second-order valence-corrected chi connectivity index (χ2v) is 4.25. The maximum Gasteiger partial charge on any atom is 0.131 e. The molecule has 0 aliphatic carbocycles. The number of hydrogen-bond acceptors (Lipinski definition) is 5.